The second-order valence-corrected chi connectivity index (χ2v) is 6.84. The van der Waals surface area contributed by atoms with E-state index >= 15 is 0 Å². The average Bonchev–Trinajstić information content (AvgIpc) is 3.05. The minimum Gasteiger partial charge on any atom is -0.339 e. The Hall–Kier alpha value is -2.45. The molecule has 0 bridgehead atoms. The number of hydrogen-bond acceptors (Lipinski definition) is 6. The van der Waals surface area contributed by atoms with Crippen LogP contribution in [0.5, 0.6) is 0 Å². The highest BCUT2D eigenvalue weighted by molar-refractivity contribution is 5.39. The molecule has 2 aliphatic rings. The second-order valence-electron chi connectivity index (χ2n) is 6.84. The fraction of sp³-hybridized carbons (Fsp3) is 0.529. The molecule has 0 aromatic carbocycles. The molecule has 0 spiro atoms. The summed E-state index contributed by atoms with van der Waals surface area (Å²) >= 11 is 0. The van der Waals surface area contributed by atoms with Crippen LogP contribution in [0.15, 0.2) is 24.7 Å². The number of nitrogens with zero attached hydrogens (tertiary/aromatic N) is 6. The monoisotopic (exact) mass is 364 g/mol. The Bertz CT molecular complexity index is 779. The van der Waals surface area contributed by atoms with Gasteiger partial charge in [-0.25, -0.2) is 19.9 Å². The molecular formula is C17H19F3N6. The van der Waals surface area contributed by atoms with Crippen LogP contribution < -0.4 is 9.80 Å². The lowest BCUT2D eigenvalue weighted by atomic mass is 9.92. The fourth-order valence-electron chi connectivity index (χ4n) is 3.76. The van der Waals surface area contributed by atoms with Crippen molar-refractivity contribution in [3.8, 4) is 0 Å². The first-order valence-corrected chi connectivity index (χ1v) is 8.62. The van der Waals surface area contributed by atoms with E-state index < -0.39 is 11.9 Å². The first kappa shape index (κ1) is 17.0. The minimum atomic E-state index is -4.47. The molecule has 9 heteroatoms. The third-order valence-corrected chi connectivity index (χ3v) is 5.10. The predicted molar refractivity (Wildman–Crippen MR) is 89.9 cm³/mol. The maximum Gasteiger partial charge on any atom is 0.433 e. The molecular weight excluding hydrogens is 345 g/mol. The molecule has 2 aromatic heterocycles. The van der Waals surface area contributed by atoms with Crippen LogP contribution in [-0.2, 0) is 6.18 Å². The van der Waals surface area contributed by atoms with E-state index in [0.717, 1.165) is 31.0 Å². The van der Waals surface area contributed by atoms with Crippen molar-refractivity contribution >= 4 is 11.9 Å². The third kappa shape index (κ3) is 3.17. The Labute approximate surface area is 149 Å². The van der Waals surface area contributed by atoms with Crippen molar-refractivity contribution in [2.24, 2.45) is 5.92 Å². The summed E-state index contributed by atoms with van der Waals surface area (Å²) in [6, 6.07) is 1.06. The number of piperidine rings is 1. The van der Waals surface area contributed by atoms with Crippen LogP contribution in [0, 0.1) is 12.8 Å². The number of aromatic nitrogens is 4. The first-order chi connectivity index (χ1) is 12.4. The zero-order valence-corrected chi connectivity index (χ0v) is 14.3. The molecule has 4 heterocycles. The number of rotatable bonds is 2. The van der Waals surface area contributed by atoms with E-state index in [4.69, 9.17) is 0 Å². The zero-order valence-electron chi connectivity index (χ0n) is 14.3. The smallest absolute Gasteiger partial charge is 0.339 e. The van der Waals surface area contributed by atoms with E-state index in [0.29, 0.717) is 25.0 Å². The van der Waals surface area contributed by atoms with Gasteiger partial charge in [-0.2, -0.15) is 13.2 Å². The summed E-state index contributed by atoms with van der Waals surface area (Å²) in [5.74, 6) is 1.30. The van der Waals surface area contributed by atoms with Crippen LogP contribution in [0.1, 0.15) is 24.1 Å². The number of fused-ring (bicyclic) bond motifs is 1. The van der Waals surface area contributed by atoms with E-state index in [9.17, 15) is 13.2 Å². The van der Waals surface area contributed by atoms with Crippen LogP contribution in [0.4, 0.5) is 25.1 Å². The SMILES string of the molecule is Cc1cnc(N2CCC3CCN(c4nccc(C(F)(F)F)n4)CC32)nc1. The van der Waals surface area contributed by atoms with E-state index in [1.807, 2.05) is 11.8 Å². The molecule has 2 aliphatic heterocycles. The molecule has 2 atom stereocenters. The highest BCUT2D eigenvalue weighted by atomic mass is 19.4. The van der Waals surface area contributed by atoms with Crippen LogP contribution in [0.25, 0.3) is 0 Å². The summed E-state index contributed by atoms with van der Waals surface area (Å²) in [6.45, 7) is 4.02. The van der Waals surface area contributed by atoms with Gasteiger partial charge in [-0.3, -0.25) is 0 Å². The quantitative estimate of drug-likeness (QED) is 0.817. The minimum absolute atomic E-state index is 0.134. The summed E-state index contributed by atoms with van der Waals surface area (Å²) < 4.78 is 38.8. The molecule has 2 aromatic rings. The van der Waals surface area contributed by atoms with Gasteiger partial charge in [0, 0.05) is 38.2 Å². The molecule has 0 amide bonds. The first-order valence-electron chi connectivity index (χ1n) is 8.62. The van der Waals surface area contributed by atoms with Crippen molar-refractivity contribution < 1.29 is 13.2 Å². The summed E-state index contributed by atoms with van der Waals surface area (Å²) in [5.41, 5.74) is 0.0851. The third-order valence-electron chi connectivity index (χ3n) is 5.10. The topological polar surface area (TPSA) is 58.0 Å². The Morgan fingerprint density at radius 1 is 1.04 bits per heavy atom. The van der Waals surface area contributed by atoms with Crippen molar-refractivity contribution in [1.29, 1.82) is 0 Å². The van der Waals surface area contributed by atoms with Gasteiger partial charge in [0.15, 0.2) is 0 Å². The Kier molecular flexibility index (Phi) is 4.16. The van der Waals surface area contributed by atoms with E-state index in [2.05, 4.69) is 24.8 Å². The molecule has 26 heavy (non-hydrogen) atoms. The highest BCUT2D eigenvalue weighted by Gasteiger charge is 2.40. The molecule has 2 unspecified atom stereocenters. The standard InChI is InChI=1S/C17H19F3N6/c1-11-8-22-15(23-9-11)26-7-4-12-3-6-25(10-13(12)26)16-21-5-2-14(24-16)17(18,19)20/h2,5,8-9,12-13H,3-4,6-7,10H2,1H3. The summed E-state index contributed by atoms with van der Waals surface area (Å²) in [6.07, 6.45) is 2.21. The normalized spacial score (nSPS) is 23.2. The number of alkyl halides is 3. The zero-order chi connectivity index (χ0) is 18.3. The Balaban J connectivity index is 1.56. The number of halogens is 3. The second kappa shape index (κ2) is 6.37. The summed E-state index contributed by atoms with van der Waals surface area (Å²) in [7, 11) is 0. The van der Waals surface area contributed by atoms with Crippen molar-refractivity contribution in [2.75, 3.05) is 29.4 Å². The van der Waals surface area contributed by atoms with E-state index in [-0.39, 0.29) is 12.0 Å². The lowest BCUT2D eigenvalue weighted by molar-refractivity contribution is -0.141. The van der Waals surface area contributed by atoms with Crippen LogP contribution in [-0.4, -0.2) is 45.6 Å². The van der Waals surface area contributed by atoms with Crippen molar-refractivity contribution in [1.82, 2.24) is 19.9 Å². The van der Waals surface area contributed by atoms with Gasteiger partial charge in [0.2, 0.25) is 11.9 Å². The van der Waals surface area contributed by atoms with Gasteiger partial charge in [-0.05, 0) is 37.3 Å². The highest BCUT2D eigenvalue weighted by Crippen LogP contribution is 2.35. The number of aryl methyl sites for hydroxylation is 1. The Morgan fingerprint density at radius 2 is 1.77 bits per heavy atom. The van der Waals surface area contributed by atoms with E-state index in [1.165, 1.54) is 6.20 Å². The van der Waals surface area contributed by atoms with Gasteiger partial charge in [-0.1, -0.05) is 0 Å². The van der Waals surface area contributed by atoms with Crippen molar-refractivity contribution in [3.63, 3.8) is 0 Å². The Morgan fingerprint density at radius 3 is 2.50 bits per heavy atom. The number of hydrogen-bond donors (Lipinski definition) is 0. The summed E-state index contributed by atoms with van der Waals surface area (Å²) in [5, 5.41) is 0. The van der Waals surface area contributed by atoms with Crippen LogP contribution in [0.3, 0.4) is 0 Å². The van der Waals surface area contributed by atoms with Gasteiger partial charge < -0.3 is 9.80 Å². The molecule has 0 N–H and O–H groups in total. The largest absolute Gasteiger partial charge is 0.433 e. The molecule has 6 nitrogen and oxygen atoms in total. The fourth-order valence-corrected chi connectivity index (χ4v) is 3.76. The lowest BCUT2D eigenvalue weighted by Crippen LogP contribution is -2.49. The number of anilines is 2. The van der Waals surface area contributed by atoms with Crippen LogP contribution in [0.2, 0.25) is 0 Å². The average molecular weight is 364 g/mol. The van der Waals surface area contributed by atoms with Crippen LogP contribution >= 0.6 is 0 Å². The molecule has 2 saturated heterocycles. The van der Waals surface area contributed by atoms with Gasteiger partial charge in [0.1, 0.15) is 5.69 Å². The lowest BCUT2D eigenvalue weighted by Gasteiger charge is -2.38. The molecule has 0 saturated carbocycles. The maximum atomic E-state index is 12.9. The summed E-state index contributed by atoms with van der Waals surface area (Å²) in [4.78, 5) is 20.6. The molecule has 138 valence electrons. The van der Waals surface area contributed by atoms with Crippen molar-refractivity contribution in [2.45, 2.75) is 32.0 Å². The van der Waals surface area contributed by atoms with Gasteiger partial charge >= 0.3 is 6.18 Å². The molecule has 4 rings (SSSR count). The predicted octanol–water partition coefficient (Wildman–Crippen LogP) is 2.70. The van der Waals surface area contributed by atoms with Gasteiger partial charge in [0.25, 0.3) is 0 Å². The molecule has 0 aliphatic carbocycles. The maximum absolute atomic E-state index is 12.9. The molecule has 0 radical (unpaired) electrons. The van der Waals surface area contributed by atoms with Crippen molar-refractivity contribution in [3.05, 3.63) is 35.9 Å². The van der Waals surface area contributed by atoms with Gasteiger partial charge in [0.05, 0.1) is 6.04 Å². The molecule has 2 fully saturated rings. The van der Waals surface area contributed by atoms with Gasteiger partial charge in [-0.15, -0.1) is 0 Å². The van der Waals surface area contributed by atoms with E-state index in [1.54, 1.807) is 12.4 Å².